The molecule has 0 bridgehead atoms. The molecule has 0 radical (unpaired) electrons. The van der Waals surface area contributed by atoms with Crippen LogP contribution in [0.25, 0.3) is 16.9 Å². The second-order valence-electron chi connectivity index (χ2n) is 8.19. The van der Waals surface area contributed by atoms with Crippen LogP contribution in [0, 0.1) is 0 Å². The van der Waals surface area contributed by atoms with E-state index in [0.717, 1.165) is 47.9 Å². The van der Waals surface area contributed by atoms with Gasteiger partial charge in [0.15, 0.2) is 5.65 Å². The summed E-state index contributed by atoms with van der Waals surface area (Å²) in [6.07, 6.45) is 6.24. The van der Waals surface area contributed by atoms with E-state index in [1.54, 1.807) is 4.90 Å². The van der Waals surface area contributed by atoms with Crippen molar-refractivity contribution in [2.75, 3.05) is 32.8 Å². The van der Waals surface area contributed by atoms with Gasteiger partial charge < -0.3 is 9.64 Å². The smallest absolute Gasteiger partial charge is 0.409 e. The first kappa shape index (κ1) is 20.3. The van der Waals surface area contributed by atoms with Gasteiger partial charge in [0, 0.05) is 55.4 Å². The lowest BCUT2D eigenvalue weighted by Gasteiger charge is -2.34. The maximum atomic E-state index is 12.0. The lowest BCUT2D eigenvalue weighted by molar-refractivity contribution is 0.0775. The third-order valence-corrected chi connectivity index (χ3v) is 6.26. The Labute approximate surface area is 186 Å². The molecule has 3 aromatic rings. The number of piperazine rings is 1. The number of aromatic nitrogens is 3. The average Bonchev–Trinajstić information content (AvgIpc) is 3.58. The second-order valence-corrected chi connectivity index (χ2v) is 8.63. The van der Waals surface area contributed by atoms with E-state index in [4.69, 9.17) is 21.3 Å². The van der Waals surface area contributed by atoms with Crippen molar-refractivity contribution in [1.29, 1.82) is 0 Å². The molecule has 5 rings (SSSR count). The Morgan fingerprint density at radius 3 is 2.58 bits per heavy atom. The van der Waals surface area contributed by atoms with Crippen molar-refractivity contribution in [3.05, 3.63) is 53.1 Å². The molecule has 1 amide bonds. The largest absolute Gasteiger partial charge is 0.450 e. The van der Waals surface area contributed by atoms with Gasteiger partial charge in [-0.25, -0.2) is 9.78 Å². The van der Waals surface area contributed by atoms with Gasteiger partial charge in [0.1, 0.15) is 0 Å². The molecular weight excluding hydrogens is 414 g/mol. The van der Waals surface area contributed by atoms with E-state index in [1.165, 1.54) is 12.8 Å². The van der Waals surface area contributed by atoms with Crippen molar-refractivity contribution in [2.24, 2.45) is 0 Å². The van der Waals surface area contributed by atoms with Crippen LogP contribution in [0.3, 0.4) is 0 Å². The Kier molecular flexibility index (Phi) is 5.54. The summed E-state index contributed by atoms with van der Waals surface area (Å²) in [5.74, 6) is 0.576. The van der Waals surface area contributed by atoms with Crippen LogP contribution in [0.4, 0.5) is 4.79 Å². The zero-order chi connectivity index (χ0) is 21.4. The Morgan fingerprint density at radius 2 is 1.90 bits per heavy atom. The number of hydrogen-bond acceptors (Lipinski definition) is 5. The van der Waals surface area contributed by atoms with E-state index in [0.29, 0.717) is 30.6 Å². The predicted molar refractivity (Wildman–Crippen MR) is 119 cm³/mol. The van der Waals surface area contributed by atoms with Crippen molar-refractivity contribution < 1.29 is 9.53 Å². The monoisotopic (exact) mass is 439 g/mol. The van der Waals surface area contributed by atoms with E-state index >= 15 is 0 Å². The number of amides is 1. The number of carbonyl (C=O) groups excluding carboxylic acids is 1. The molecule has 0 spiro atoms. The van der Waals surface area contributed by atoms with E-state index in [2.05, 4.69) is 20.5 Å². The standard InChI is InChI=1S/C23H26ClN5O2/c1-2-31-23(30)28-11-9-27(10-12-28)15-20-22(17-5-7-18(24)8-6-17)26-21-13-25-19(14-29(20)21)16-3-4-16/h5-8,13-14,16H,2-4,9-12,15H2,1H3. The highest BCUT2D eigenvalue weighted by Gasteiger charge is 2.27. The zero-order valence-electron chi connectivity index (χ0n) is 17.6. The molecule has 7 nitrogen and oxygen atoms in total. The van der Waals surface area contributed by atoms with Crippen molar-refractivity contribution in [3.8, 4) is 11.3 Å². The number of hydrogen-bond donors (Lipinski definition) is 0. The molecule has 31 heavy (non-hydrogen) atoms. The van der Waals surface area contributed by atoms with Gasteiger partial charge >= 0.3 is 6.09 Å². The normalized spacial score (nSPS) is 17.3. The van der Waals surface area contributed by atoms with Gasteiger partial charge in [-0.1, -0.05) is 23.7 Å². The van der Waals surface area contributed by atoms with Gasteiger partial charge in [0.05, 0.1) is 29.9 Å². The van der Waals surface area contributed by atoms with Crippen molar-refractivity contribution in [1.82, 2.24) is 24.2 Å². The maximum Gasteiger partial charge on any atom is 0.409 e. The minimum atomic E-state index is -0.223. The first-order valence-corrected chi connectivity index (χ1v) is 11.3. The van der Waals surface area contributed by atoms with Crippen molar-refractivity contribution in [2.45, 2.75) is 32.2 Å². The molecule has 0 atom stereocenters. The van der Waals surface area contributed by atoms with Crippen LogP contribution < -0.4 is 0 Å². The van der Waals surface area contributed by atoms with Crippen LogP contribution in [0.15, 0.2) is 36.7 Å². The van der Waals surface area contributed by atoms with Crippen LogP contribution in [-0.4, -0.2) is 63.0 Å². The molecule has 8 heteroatoms. The number of nitrogens with zero attached hydrogens (tertiary/aromatic N) is 5. The average molecular weight is 440 g/mol. The van der Waals surface area contributed by atoms with E-state index in [1.807, 2.05) is 37.4 Å². The summed E-state index contributed by atoms with van der Waals surface area (Å²) < 4.78 is 7.34. The SMILES string of the molecule is CCOC(=O)N1CCN(Cc2c(-c3ccc(Cl)cc3)nc3cnc(C4CC4)cn23)CC1. The fourth-order valence-corrected chi connectivity index (χ4v) is 4.24. The Bertz CT molecular complexity index is 1090. The van der Waals surface area contributed by atoms with Crippen LogP contribution >= 0.6 is 11.6 Å². The highest BCUT2D eigenvalue weighted by molar-refractivity contribution is 6.30. The minimum Gasteiger partial charge on any atom is -0.450 e. The number of imidazole rings is 1. The molecule has 1 saturated carbocycles. The summed E-state index contributed by atoms with van der Waals surface area (Å²) in [6.45, 7) is 5.93. The molecule has 2 aliphatic rings. The molecule has 1 aromatic carbocycles. The molecule has 0 N–H and O–H groups in total. The highest BCUT2D eigenvalue weighted by atomic mass is 35.5. The first-order chi connectivity index (χ1) is 15.1. The Morgan fingerprint density at radius 1 is 1.16 bits per heavy atom. The third kappa shape index (κ3) is 4.25. The van der Waals surface area contributed by atoms with E-state index in [9.17, 15) is 4.79 Å². The van der Waals surface area contributed by atoms with E-state index < -0.39 is 0 Å². The van der Waals surface area contributed by atoms with Crippen LogP contribution in [0.2, 0.25) is 5.02 Å². The quantitative estimate of drug-likeness (QED) is 0.596. The van der Waals surface area contributed by atoms with Gasteiger partial charge in [-0.15, -0.1) is 0 Å². The first-order valence-electron chi connectivity index (χ1n) is 10.9. The van der Waals surface area contributed by atoms with Crippen LogP contribution in [0.5, 0.6) is 0 Å². The molecule has 1 aliphatic heterocycles. The molecule has 2 aromatic heterocycles. The number of rotatable bonds is 5. The molecule has 2 fully saturated rings. The summed E-state index contributed by atoms with van der Waals surface area (Å²) in [5, 5.41) is 0.710. The number of fused-ring (bicyclic) bond motifs is 1. The Balaban J connectivity index is 1.44. The number of ether oxygens (including phenoxy) is 1. The van der Waals surface area contributed by atoms with Crippen molar-refractivity contribution in [3.63, 3.8) is 0 Å². The molecule has 1 aliphatic carbocycles. The summed E-state index contributed by atoms with van der Waals surface area (Å²) in [6, 6.07) is 7.83. The topological polar surface area (TPSA) is 63.0 Å². The lowest BCUT2D eigenvalue weighted by Crippen LogP contribution is -2.48. The molecule has 0 unspecified atom stereocenters. The predicted octanol–water partition coefficient (Wildman–Crippen LogP) is 4.20. The summed E-state index contributed by atoms with van der Waals surface area (Å²) in [4.78, 5) is 25.7. The number of halogens is 1. The summed E-state index contributed by atoms with van der Waals surface area (Å²) in [7, 11) is 0. The van der Waals surface area contributed by atoms with Crippen LogP contribution in [-0.2, 0) is 11.3 Å². The molecular formula is C23H26ClN5O2. The van der Waals surface area contributed by atoms with Crippen LogP contribution in [0.1, 0.15) is 37.1 Å². The third-order valence-electron chi connectivity index (χ3n) is 6.01. The fraction of sp³-hybridized carbons (Fsp3) is 0.435. The van der Waals surface area contributed by atoms with Gasteiger partial charge in [0.2, 0.25) is 0 Å². The summed E-state index contributed by atoms with van der Waals surface area (Å²) >= 11 is 6.11. The van der Waals surface area contributed by atoms with E-state index in [-0.39, 0.29) is 6.09 Å². The molecule has 3 heterocycles. The van der Waals surface area contributed by atoms with Gasteiger partial charge in [0.25, 0.3) is 0 Å². The minimum absolute atomic E-state index is 0.223. The molecule has 162 valence electrons. The number of benzene rings is 1. The fourth-order valence-electron chi connectivity index (χ4n) is 4.11. The second kappa shape index (κ2) is 8.48. The maximum absolute atomic E-state index is 12.0. The van der Waals surface area contributed by atoms with Gasteiger partial charge in [-0.05, 0) is 31.9 Å². The zero-order valence-corrected chi connectivity index (χ0v) is 18.4. The number of carbonyl (C=O) groups is 1. The van der Waals surface area contributed by atoms with Crippen molar-refractivity contribution >= 4 is 23.3 Å². The highest BCUT2D eigenvalue weighted by Crippen LogP contribution is 2.39. The van der Waals surface area contributed by atoms with Gasteiger partial charge in [-0.2, -0.15) is 0 Å². The Hall–Kier alpha value is -2.64. The lowest BCUT2D eigenvalue weighted by atomic mass is 10.1. The summed E-state index contributed by atoms with van der Waals surface area (Å²) in [5.41, 5.74) is 5.14. The molecule has 1 saturated heterocycles. The van der Waals surface area contributed by atoms with Gasteiger partial charge in [-0.3, -0.25) is 14.3 Å².